The van der Waals surface area contributed by atoms with E-state index in [2.05, 4.69) is 15.1 Å². The summed E-state index contributed by atoms with van der Waals surface area (Å²) in [5, 5.41) is 5.40. The fourth-order valence-corrected chi connectivity index (χ4v) is 3.50. The van der Waals surface area contributed by atoms with Crippen LogP contribution in [-0.2, 0) is 20.4 Å². The van der Waals surface area contributed by atoms with E-state index in [1.807, 2.05) is 4.90 Å². The van der Waals surface area contributed by atoms with Gasteiger partial charge in [-0.25, -0.2) is 15.1 Å². The number of piperazine rings is 1. The van der Waals surface area contributed by atoms with Crippen molar-refractivity contribution in [1.29, 1.82) is 0 Å². The molecule has 0 unspecified atom stereocenters. The average molecular weight is 521 g/mol. The van der Waals surface area contributed by atoms with Crippen LogP contribution in [0, 0.1) is 0 Å². The van der Waals surface area contributed by atoms with Gasteiger partial charge >= 0.3 is 6.18 Å². The van der Waals surface area contributed by atoms with Crippen molar-refractivity contribution in [3.63, 3.8) is 0 Å². The number of hydrogen-bond acceptors (Lipinski definition) is 9. The summed E-state index contributed by atoms with van der Waals surface area (Å²) < 4.78 is 55.4. The summed E-state index contributed by atoms with van der Waals surface area (Å²) >= 11 is 5.75. The van der Waals surface area contributed by atoms with E-state index in [-0.39, 0.29) is 32.1 Å². The summed E-state index contributed by atoms with van der Waals surface area (Å²) in [6.07, 6.45) is -2.00. The summed E-state index contributed by atoms with van der Waals surface area (Å²) in [7, 11) is 1.34. The van der Waals surface area contributed by atoms with Gasteiger partial charge in [0.2, 0.25) is 5.91 Å². The molecule has 0 saturated carbocycles. The lowest BCUT2D eigenvalue weighted by Crippen LogP contribution is -2.49. The number of carbonyl (C=O) groups is 1. The van der Waals surface area contributed by atoms with Gasteiger partial charge in [-0.2, -0.15) is 18.3 Å². The van der Waals surface area contributed by atoms with Crippen molar-refractivity contribution in [3.8, 4) is 5.75 Å². The Kier molecular flexibility index (Phi) is 9.23. The number of H-pyrrole nitrogens is 1. The Labute approximate surface area is 203 Å². The van der Waals surface area contributed by atoms with Gasteiger partial charge in [0, 0.05) is 33.3 Å². The molecule has 3 heterocycles. The highest BCUT2D eigenvalue weighted by atomic mass is 35.5. The van der Waals surface area contributed by atoms with Gasteiger partial charge in [-0.3, -0.25) is 9.59 Å². The largest absolute Gasteiger partial charge is 0.483 e. The topological polar surface area (TPSA) is 123 Å². The van der Waals surface area contributed by atoms with Gasteiger partial charge in [-0.05, 0) is 0 Å². The van der Waals surface area contributed by atoms with Gasteiger partial charge in [0.25, 0.3) is 5.56 Å². The molecule has 1 atom stereocenters. The highest BCUT2D eigenvalue weighted by Crippen LogP contribution is 2.33. The van der Waals surface area contributed by atoms with Gasteiger partial charge in [0.05, 0.1) is 44.8 Å². The molecule has 2 aromatic rings. The first-order chi connectivity index (χ1) is 16.7. The number of aromatic nitrogens is 4. The Bertz CT molecular complexity index is 1030. The second-order valence-electron chi connectivity index (χ2n) is 7.52. The van der Waals surface area contributed by atoms with Crippen LogP contribution in [0.25, 0.3) is 0 Å². The Balaban J connectivity index is 1.45. The summed E-state index contributed by atoms with van der Waals surface area (Å²) in [5.74, 6) is -0.168. The highest BCUT2D eigenvalue weighted by molar-refractivity contribution is 6.29. The van der Waals surface area contributed by atoms with Crippen molar-refractivity contribution in [2.45, 2.75) is 18.7 Å². The van der Waals surface area contributed by atoms with Crippen LogP contribution in [0.5, 0.6) is 5.75 Å². The van der Waals surface area contributed by atoms with E-state index in [1.165, 1.54) is 13.3 Å². The minimum Gasteiger partial charge on any atom is -0.483 e. The van der Waals surface area contributed by atoms with E-state index in [0.717, 1.165) is 6.20 Å². The van der Waals surface area contributed by atoms with Gasteiger partial charge in [0.1, 0.15) is 17.1 Å². The lowest BCUT2D eigenvalue weighted by molar-refractivity contribution is -0.141. The van der Waals surface area contributed by atoms with Gasteiger partial charge in [-0.15, -0.1) is 0 Å². The van der Waals surface area contributed by atoms with E-state index in [9.17, 15) is 22.8 Å². The number of rotatable bonds is 10. The third-order valence-corrected chi connectivity index (χ3v) is 5.27. The fourth-order valence-electron chi connectivity index (χ4n) is 3.41. The molecule has 0 aromatic carbocycles. The molecule has 15 heteroatoms. The smallest absolute Gasteiger partial charge is 0.425 e. The van der Waals surface area contributed by atoms with E-state index < -0.39 is 29.2 Å². The zero-order valence-corrected chi connectivity index (χ0v) is 19.5. The van der Waals surface area contributed by atoms with Crippen molar-refractivity contribution in [3.05, 3.63) is 39.7 Å². The minimum atomic E-state index is -4.93. The Morgan fingerprint density at radius 1 is 1.17 bits per heavy atom. The number of carbonyl (C=O) groups excluding carboxylic acids is 1. The number of aromatic amines is 1. The SMILES string of the molecule is COC[C@@H](COCCC(=O)N1CCN(c2cnc(Cl)cn2)CC1)Oc1cn[nH]c(=O)c1C(F)(F)F. The number of anilines is 1. The van der Waals surface area contributed by atoms with Gasteiger partial charge in [-0.1, -0.05) is 11.6 Å². The molecule has 2 aromatic heterocycles. The van der Waals surface area contributed by atoms with E-state index in [4.69, 9.17) is 25.8 Å². The normalized spacial score (nSPS) is 15.2. The Morgan fingerprint density at radius 2 is 1.91 bits per heavy atom. The molecule has 35 heavy (non-hydrogen) atoms. The zero-order chi connectivity index (χ0) is 25.4. The molecule has 192 valence electrons. The first-order valence-electron chi connectivity index (χ1n) is 10.6. The molecule has 0 spiro atoms. The summed E-state index contributed by atoms with van der Waals surface area (Å²) in [4.78, 5) is 36.0. The van der Waals surface area contributed by atoms with Crippen molar-refractivity contribution in [2.75, 3.05) is 58.0 Å². The molecule has 1 aliphatic heterocycles. The van der Waals surface area contributed by atoms with E-state index in [0.29, 0.717) is 37.1 Å². The monoisotopic (exact) mass is 520 g/mol. The average Bonchev–Trinajstić information content (AvgIpc) is 2.81. The molecular formula is C20H24ClF3N6O5. The van der Waals surface area contributed by atoms with Crippen molar-refractivity contribution in [2.24, 2.45) is 0 Å². The summed E-state index contributed by atoms with van der Waals surface area (Å²) in [5.41, 5.74) is -2.91. The lowest BCUT2D eigenvalue weighted by Gasteiger charge is -2.35. The number of alkyl halides is 3. The molecule has 3 rings (SSSR count). The quantitative estimate of drug-likeness (QED) is 0.463. The maximum atomic E-state index is 13.2. The molecule has 11 nitrogen and oxygen atoms in total. The summed E-state index contributed by atoms with van der Waals surface area (Å²) in [6, 6.07) is 0. The second kappa shape index (κ2) is 12.1. The number of hydrogen-bond donors (Lipinski definition) is 1. The molecule has 1 N–H and O–H groups in total. The van der Waals surface area contributed by atoms with E-state index >= 15 is 0 Å². The molecule has 1 fully saturated rings. The predicted octanol–water partition coefficient (Wildman–Crippen LogP) is 1.38. The molecule has 0 aliphatic carbocycles. The number of amides is 1. The molecule has 1 aliphatic rings. The number of nitrogens with zero attached hydrogens (tertiary/aromatic N) is 5. The van der Waals surface area contributed by atoms with Crippen LogP contribution in [-0.4, -0.2) is 90.2 Å². The standard InChI is InChI=1S/C20H24ClF3N6O5/c1-33-11-13(35-14-8-27-28-19(32)18(14)20(22,23)24)12-34-7-2-17(31)30-5-3-29(4-6-30)16-10-25-15(21)9-26-16/h8-10,13H,2-7,11-12H2,1H3,(H,28,32)/t13-/m0/s1. The van der Waals surface area contributed by atoms with Crippen molar-refractivity contribution < 1.29 is 32.2 Å². The van der Waals surface area contributed by atoms with Crippen LogP contribution in [0.2, 0.25) is 5.15 Å². The molecule has 1 saturated heterocycles. The minimum absolute atomic E-state index is 0.0328. The van der Waals surface area contributed by atoms with Crippen molar-refractivity contribution in [1.82, 2.24) is 25.1 Å². The second-order valence-corrected chi connectivity index (χ2v) is 7.91. The van der Waals surface area contributed by atoms with Crippen LogP contribution in [0.15, 0.2) is 23.4 Å². The van der Waals surface area contributed by atoms with E-state index in [1.54, 1.807) is 16.2 Å². The van der Waals surface area contributed by atoms with Crippen molar-refractivity contribution >= 4 is 23.3 Å². The fraction of sp³-hybridized carbons (Fsp3) is 0.550. The number of ether oxygens (including phenoxy) is 3. The Hall–Kier alpha value is -2.97. The van der Waals surface area contributed by atoms with Crippen LogP contribution < -0.4 is 15.2 Å². The third-order valence-electron chi connectivity index (χ3n) is 5.08. The molecule has 1 amide bonds. The zero-order valence-electron chi connectivity index (χ0n) is 18.8. The van der Waals surface area contributed by atoms with Crippen LogP contribution in [0.1, 0.15) is 12.0 Å². The lowest BCUT2D eigenvalue weighted by atomic mass is 10.2. The highest BCUT2D eigenvalue weighted by Gasteiger charge is 2.39. The van der Waals surface area contributed by atoms with Crippen LogP contribution >= 0.6 is 11.6 Å². The number of halogens is 4. The maximum Gasteiger partial charge on any atom is 0.425 e. The maximum absolute atomic E-state index is 13.2. The van der Waals surface area contributed by atoms with Crippen LogP contribution in [0.4, 0.5) is 19.0 Å². The first-order valence-corrected chi connectivity index (χ1v) is 10.9. The number of methoxy groups -OCH3 is 1. The molecular weight excluding hydrogens is 497 g/mol. The third kappa shape index (κ3) is 7.50. The summed E-state index contributed by atoms with van der Waals surface area (Å²) in [6.45, 7) is 1.92. The molecule has 0 radical (unpaired) electrons. The van der Waals surface area contributed by atoms with Gasteiger partial charge in [0.15, 0.2) is 11.3 Å². The number of nitrogens with one attached hydrogen (secondary N) is 1. The van der Waals surface area contributed by atoms with Crippen LogP contribution in [0.3, 0.4) is 0 Å². The first kappa shape index (κ1) is 26.6. The van der Waals surface area contributed by atoms with Gasteiger partial charge < -0.3 is 24.0 Å². The predicted molar refractivity (Wildman–Crippen MR) is 117 cm³/mol. The Morgan fingerprint density at radius 3 is 2.54 bits per heavy atom. The molecule has 0 bridgehead atoms.